The van der Waals surface area contributed by atoms with Gasteiger partial charge in [0.05, 0.1) is 12.4 Å². The van der Waals surface area contributed by atoms with Crippen molar-refractivity contribution >= 4 is 21.7 Å². The number of alkyl halides is 2. The Balaban J connectivity index is 2.90. The summed E-state index contributed by atoms with van der Waals surface area (Å²) in [5.74, 6) is -1.31. The summed E-state index contributed by atoms with van der Waals surface area (Å²) in [5.41, 5.74) is -0.326. The molecule has 0 fully saturated rings. The molecule has 1 heterocycles. The van der Waals surface area contributed by atoms with E-state index in [0.29, 0.717) is 4.60 Å². The fourth-order valence-corrected chi connectivity index (χ4v) is 0.756. The minimum Gasteiger partial charge on any atom is -0.286 e. The van der Waals surface area contributed by atoms with Crippen molar-refractivity contribution in [2.24, 2.45) is 0 Å². The lowest BCUT2D eigenvalue weighted by Crippen LogP contribution is -2.12. The van der Waals surface area contributed by atoms with E-state index in [-0.39, 0.29) is 5.69 Å². The SMILES string of the molecule is O=C(c1cnc(Br)cn1)C(F)F. The van der Waals surface area contributed by atoms with Crippen LogP contribution in [0.1, 0.15) is 10.5 Å². The predicted molar refractivity (Wildman–Crippen MR) is 40.1 cm³/mol. The van der Waals surface area contributed by atoms with Gasteiger partial charge in [-0.05, 0) is 15.9 Å². The maximum absolute atomic E-state index is 11.8. The Kier molecular flexibility index (Phi) is 2.80. The molecule has 1 aromatic heterocycles. The maximum atomic E-state index is 11.8. The molecule has 0 spiro atoms. The van der Waals surface area contributed by atoms with Gasteiger partial charge in [0.25, 0.3) is 0 Å². The minimum absolute atomic E-state index is 0.326. The quantitative estimate of drug-likeness (QED) is 0.735. The predicted octanol–water partition coefficient (Wildman–Crippen LogP) is 1.69. The second-order valence-electron chi connectivity index (χ2n) is 1.89. The molecule has 0 aliphatic rings. The van der Waals surface area contributed by atoms with Gasteiger partial charge in [-0.25, -0.2) is 18.7 Å². The highest BCUT2D eigenvalue weighted by Gasteiger charge is 2.18. The molecule has 3 nitrogen and oxygen atoms in total. The third kappa shape index (κ3) is 2.04. The van der Waals surface area contributed by atoms with Crippen LogP contribution in [0.15, 0.2) is 17.0 Å². The van der Waals surface area contributed by atoms with Crippen molar-refractivity contribution < 1.29 is 13.6 Å². The van der Waals surface area contributed by atoms with Gasteiger partial charge in [-0.1, -0.05) is 0 Å². The lowest BCUT2D eigenvalue weighted by Gasteiger charge is -1.96. The van der Waals surface area contributed by atoms with Gasteiger partial charge in [-0.15, -0.1) is 0 Å². The maximum Gasteiger partial charge on any atom is 0.302 e. The fourth-order valence-electron chi connectivity index (χ4n) is 0.551. The number of nitrogens with zero attached hydrogens (tertiary/aromatic N) is 2. The molecular weight excluding hydrogens is 234 g/mol. The molecule has 0 saturated carbocycles. The number of hydrogen-bond donors (Lipinski definition) is 0. The van der Waals surface area contributed by atoms with E-state index in [9.17, 15) is 13.6 Å². The molecule has 0 bridgehead atoms. The first-order valence-corrected chi connectivity index (χ1v) is 3.70. The lowest BCUT2D eigenvalue weighted by molar-refractivity contribution is 0.0672. The van der Waals surface area contributed by atoms with E-state index in [0.717, 1.165) is 6.20 Å². The van der Waals surface area contributed by atoms with Crippen molar-refractivity contribution in [1.82, 2.24) is 9.97 Å². The number of ketones is 1. The van der Waals surface area contributed by atoms with Crippen LogP contribution in [0.25, 0.3) is 0 Å². The van der Waals surface area contributed by atoms with Gasteiger partial charge >= 0.3 is 6.43 Å². The lowest BCUT2D eigenvalue weighted by atomic mass is 10.3. The second-order valence-corrected chi connectivity index (χ2v) is 2.70. The topological polar surface area (TPSA) is 42.9 Å². The monoisotopic (exact) mass is 236 g/mol. The van der Waals surface area contributed by atoms with Gasteiger partial charge in [0.2, 0.25) is 5.78 Å². The van der Waals surface area contributed by atoms with E-state index in [1.807, 2.05) is 0 Å². The number of carbonyl (C=O) groups excluding carboxylic acids is 1. The van der Waals surface area contributed by atoms with Crippen LogP contribution in [-0.4, -0.2) is 22.2 Å². The van der Waals surface area contributed by atoms with E-state index in [1.54, 1.807) is 0 Å². The van der Waals surface area contributed by atoms with Crippen molar-refractivity contribution in [3.8, 4) is 0 Å². The molecule has 6 heteroatoms. The van der Waals surface area contributed by atoms with Crippen molar-refractivity contribution in [2.75, 3.05) is 0 Å². The molecule has 0 unspecified atom stereocenters. The van der Waals surface area contributed by atoms with Gasteiger partial charge in [0, 0.05) is 0 Å². The second kappa shape index (κ2) is 3.66. The molecule has 0 aliphatic heterocycles. The number of Topliss-reactive ketones (excluding diaryl/α,β-unsaturated/α-hetero) is 1. The zero-order valence-electron chi connectivity index (χ0n) is 5.67. The zero-order chi connectivity index (χ0) is 9.14. The van der Waals surface area contributed by atoms with Crippen molar-refractivity contribution in [2.45, 2.75) is 6.43 Å². The van der Waals surface area contributed by atoms with E-state index in [2.05, 4.69) is 25.9 Å². The summed E-state index contributed by atoms with van der Waals surface area (Å²) < 4.78 is 24.0. The van der Waals surface area contributed by atoms with E-state index in [4.69, 9.17) is 0 Å². The third-order valence-electron chi connectivity index (χ3n) is 1.07. The molecular formula is C6H3BrF2N2O. The number of hydrogen-bond acceptors (Lipinski definition) is 3. The van der Waals surface area contributed by atoms with Gasteiger partial charge in [0.15, 0.2) is 0 Å². The van der Waals surface area contributed by atoms with Crippen molar-refractivity contribution in [1.29, 1.82) is 0 Å². The van der Waals surface area contributed by atoms with Crippen LogP contribution in [-0.2, 0) is 0 Å². The largest absolute Gasteiger partial charge is 0.302 e. The zero-order valence-corrected chi connectivity index (χ0v) is 7.25. The summed E-state index contributed by atoms with van der Waals surface area (Å²) in [6.45, 7) is 0. The Hall–Kier alpha value is -0.910. The van der Waals surface area contributed by atoms with Crippen LogP contribution in [0.4, 0.5) is 8.78 Å². The Morgan fingerprint density at radius 1 is 1.42 bits per heavy atom. The summed E-state index contributed by atoms with van der Waals surface area (Å²) in [5, 5.41) is 0. The normalized spacial score (nSPS) is 10.3. The third-order valence-corrected chi connectivity index (χ3v) is 1.48. The molecule has 0 aliphatic carbocycles. The number of rotatable bonds is 2. The average Bonchev–Trinajstić information content (AvgIpc) is 2.04. The van der Waals surface area contributed by atoms with Crippen LogP contribution in [0, 0.1) is 0 Å². The van der Waals surface area contributed by atoms with Crippen LogP contribution in [0.5, 0.6) is 0 Å². The van der Waals surface area contributed by atoms with Crippen LogP contribution < -0.4 is 0 Å². The smallest absolute Gasteiger partial charge is 0.286 e. The highest BCUT2D eigenvalue weighted by atomic mass is 79.9. The van der Waals surface area contributed by atoms with Crippen LogP contribution in [0.3, 0.4) is 0 Å². The van der Waals surface area contributed by atoms with Crippen molar-refractivity contribution in [3.63, 3.8) is 0 Å². The number of carbonyl (C=O) groups is 1. The van der Waals surface area contributed by atoms with Crippen molar-refractivity contribution in [3.05, 3.63) is 22.7 Å². The summed E-state index contributed by atoms with van der Waals surface area (Å²) in [6, 6.07) is 0. The first-order chi connectivity index (χ1) is 5.61. The standard InChI is InChI=1S/C6H3BrF2N2O/c7-4-2-10-3(1-11-4)5(12)6(8)9/h1-2,6H. The Labute approximate surface area is 75.0 Å². The minimum atomic E-state index is -3.03. The molecule has 64 valence electrons. The fraction of sp³-hybridized carbons (Fsp3) is 0.167. The molecule has 0 radical (unpaired) electrons. The van der Waals surface area contributed by atoms with E-state index in [1.165, 1.54) is 6.20 Å². The first-order valence-electron chi connectivity index (χ1n) is 2.91. The highest BCUT2D eigenvalue weighted by Crippen LogP contribution is 2.06. The molecule has 0 amide bonds. The summed E-state index contributed by atoms with van der Waals surface area (Å²) in [6.07, 6.45) is -0.839. The average molecular weight is 237 g/mol. The molecule has 1 aromatic rings. The first kappa shape index (κ1) is 9.18. The molecule has 1 rings (SSSR count). The number of aromatic nitrogens is 2. The molecule has 0 aromatic carbocycles. The van der Waals surface area contributed by atoms with Crippen LogP contribution in [0.2, 0.25) is 0 Å². The van der Waals surface area contributed by atoms with E-state index < -0.39 is 12.2 Å². The molecule has 12 heavy (non-hydrogen) atoms. The number of halogens is 3. The van der Waals surface area contributed by atoms with E-state index >= 15 is 0 Å². The Morgan fingerprint density at radius 2 is 2.08 bits per heavy atom. The Bertz CT molecular complexity index is 288. The molecule has 0 N–H and O–H groups in total. The summed E-state index contributed by atoms with van der Waals surface area (Å²) in [7, 11) is 0. The van der Waals surface area contributed by atoms with Gasteiger partial charge < -0.3 is 0 Å². The molecule has 0 atom stereocenters. The van der Waals surface area contributed by atoms with Gasteiger partial charge in [-0.3, -0.25) is 4.79 Å². The van der Waals surface area contributed by atoms with Crippen LogP contribution >= 0.6 is 15.9 Å². The highest BCUT2D eigenvalue weighted by molar-refractivity contribution is 9.10. The Morgan fingerprint density at radius 3 is 2.50 bits per heavy atom. The molecule has 0 saturated heterocycles. The summed E-state index contributed by atoms with van der Waals surface area (Å²) in [4.78, 5) is 17.6. The van der Waals surface area contributed by atoms with Gasteiger partial charge in [0.1, 0.15) is 10.3 Å². The summed E-state index contributed by atoms with van der Waals surface area (Å²) >= 11 is 2.96. The van der Waals surface area contributed by atoms with Gasteiger partial charge in [-0.2, -0.15) is 0 Å².